The van der Waals surface area contributed by atoms with E-state index in [-0.39, 0.29) is 11.8 Å². The van der Waals surface area contributed by atoms with Gasteiger partial charge in [0.2, 0.25) is 11.8 Å². The Kier molecular flexibility index (Phi) is 5.50. The maximum absolute atomic E-state index is 12.6. The Bertz CT molecular complexity index is 801. The SMILES string of the molecule is O=C(CCN1C(=O)CSc2ccccc21)N1CCN(Cc2ccco2)CC1. The van der Waals surface area contributed by atoms with Crippen LogP contribution in [0.4, 0.5) is 5.69 Å². The van der Waals surface area contributed by atoms with Crippen molar-refractivity contribution in [1.29, 1.82) is 0 Å². The van der Waals surface area contributed by atoms with Gasteiger partial charge in [0, 0.05) is 44.0 Å². The number of para-hydroxylation sites is 1. The molecule has 0 spiro atoms. The summed E-state index contributed by atoms with van der Waals surface area (Å²) in [5.74, 6) is 1.59. The van der Waals surface area contributed by atoms with Gasteiger partial charge in [0.1, 0.15) is 5.76 Å². The largest absolute Gasteiger partial charge is 0.468 e. The van der Waals surface area contributed by atoms with E-state index >= 15 is 0 Å². The lowest BCUT2D eigenvalue weighted by molar-refractivity contribution is -0.132. The molecular formula is C20H23N3O3S. The van der Waals surface area contributed by atoms with Gasteiger partial charge in [-0.1, -0.05) is 12.1 Å². The molecule has 0 unspecified atom stereocenters. The molecule has 2 aliphatic rings. The summed E-state index contributed by atoms with van der Waals surface area (Å²) in [6, 6.07) is 11.8. The minimum Gasteiger partial charge on any atom is -0.468 e. The van der Waals surface area contributed by atoms with Crippen molar-refractivity contribution in [3.8, 4) is 0 Å². The molecule has 0 bridgehead atoms. The Balaban J connectivity index is 1.28. The van der Waals surface area contributed by atoms with Gasteiger partial charge < -0.3 is 14.2 Å². The summed E-state index contributed by atoms with van der Waals surface area (Å²) in [4.78, 5) is 32.0. The van der Waals surface area contributed by atoms with E-state index in [1.54, 1.807) is 22.9 Å². The fourth-order valence-electron chi connectivity index (χ4n) is 3.54. The smallest absolute Gasteiger partial charge is 0.237 e. The quantitative estimate of drug-likeness (QED) is 0.791. The Morgan fingerprint density at radius 1 is 1.07 bits per heavy atom. The predicted octanol–water partition coefficient (Wildman–Crippen LogP) is 2.45. The number of furan rings is 1. The summed E-state index contributed by atoms with van der Waals surface area (Å²) in [5, 5.41) is 0. The number of fused-ring (bicyclic) bond motifs is 1. The maximum atomic E-state index is 12.6. The van der Waals surface area contributed by atoms with Crippen LogP contribution < -0.4 is 4.90 Å². The van der Waals surface area contributed by atoms with E-state index in [9.17, 15) is 9.59 Å². The summed E-state index contributed by atoms with van der Waals surface area (Å²) in [5.41, 5.74) is 0.926. The number of hydrogen-bond donors (Lipinski definition) is 0. The average molecular weight is 385 g/mol. The first-order chi connectivity index (χ1) is 13.2. The Labute approximate surface area is 163 Å². The number of carbonyl (C=O) groups excluding carboxylic acids is 2. The third-order valence-electron chi connectivity index (χ3n) is 5.04. The van der Waals surface area contributed by atoms with E-state index in [1.165, 1.54) is 0 Å². The number of nitrogens with zero attached hydrogens (tertiary/aromatic N) is 3. The zero-order valence-electron chi connectivity index (χ0n) is 15.2. The first-order valence-corrected chi connectivity index (χ1v) is 10.2. The molecule has 0 N–H and O–H groups in total. The lowest BCUT2D eigenvalue weighted by Gasteiger charge is -2.35. The van der Waals surface area contributed by atoms with Crippen LogP contribution in [0.5, 0.6) is 0 Å². The molecule has 1 fully saturated rings. The predicted molar refractivity (Wildman–Crippen MR) is 105 cm³/mol. The Morgan fingerprint density at radius 2 is 1.89 bits per heavy atom. The number of anilines is 1. The normalized spacial score (nSPS) is 17.9. The number of benzene rings is 1. The molecule has 0 atom stereocenters. The van der Waals surface area contributed by atoms with Crippen molar-refractivity contribution >= 4 is 29.3 Å². The van der Waals surface area contributed by atoms with Gasteiger partial charge in [-0.3, -0.25) is 14.5 Å². The third kappa shape index (κ3) is 4.20. The number of thioether (sulfide) groups is 1. The first-order valence-electron chi connectivity index (χ1n) is 9.25. The highest BCUT2D eigenvalue weighted by atomic mass is 32.2. The van der Waals surface area contributed by atoms with E-state index in [4.69, 9.17) is 4.42 Å². The molecule has 1 aromatic heterocycles. The van der Waals surface area contributed by atoms with Crippen LogP contribution in [0.3, 0.4) is 0 Å². The molecule has 2 aromatic rings. The Hall–Kier alpha value is -2.25. The summed E-state index contributed by atoms with van der Waals surface area (Å²) in [7, 11) is 0. The van der Waals surface area contributed by atoms with Gasteiger partial charge >= 0.3 is 0 Å². The van der Waals surface area contributed by atoms with Gasteiger partial charge in [0.25, 0.3) is 0 Å². The highest BCUT2D eigenvalue weighted by Gasteiger charge is 2.26. The minimum atomic E-state index is 0.0785. The summed E-state index contributed by atoms with van der Waals surface area (Å²) in [6.45, 7) is 4.36. The van der Waals surface area contributed by atoms with Gasteiger partial charge in [-0.25, -0.2) is 0 Å². The van der Waals surface area contributed by atoms with Crippen molar-refractivity contribution in [3.05, 3.63) is 48.4 Å². The first kappa shape index (κ1) is 18.1. The van der Waals surface area contributed by atoms with E-state index < -0.39 is 0 Å². The average Bonchev–Trinajstić information content (AvgIpc) is 3.20. The highest BCUT2D eigenvalue weighted by molar-refractivity contribution is 8.00. The van der Waals surface area contributed by atoms with Crippen LogP contribution in [0.25, 0.3) is 0 Å². The number of amides is 2. The van der Waals surface area contributed by atoms with Crippen LogP contribution in [-0.2, 0) is 16.1 Å². The van der Waals surface area contributed by atoms with Crippen molar-refractivity contribution in [2.24, 2.45) is 0 Å². The molecule has 0 radical (unpaired) electrons. The molecular weight excluding hydrogens is 362 g/mol. The van der Waals surface area contributed by atoms with Crippen LogP contribution in [0.2, 0.25) is 0 Å². The standard InChI is InChI=1S/C20H23N3O3S/c24-19(22-11-9-21(10-12-22)14-16-4-3-13-26-16)7-8-23-17-5-1-2-6-18(17)27-15-20(23)25/h1-6,13H,7-12,14-15H2. The topological polar surface area (TPSA) is 57.0 Å². The lowest BCUT2D eigenvalue weighted by Crippen LogP contribution is -2.49. The Morgan fingerprint density at radius 3 is 2.67 bits per heavy atom. The van der Waals surface area contributed by atoms with Crippen LogP contribution in [0, 0.1) is 0 Å². The number of carbonyl (C=O) groups is 2. The molecule has 2 amide bonds. The summed E-state index contributed by atoms with van der Waals surface area (Å²) in [6.07, 6.45) is 2.05. The molecule has 27 heavy (non-hydrogen) atoms. The number of rotatable bonds is 5. The molecule has 0 saturated carbocycles. The van der Waals surface area contributed by atoms with Crippen LogP contribution in [0.1, 0.15) is 12.2 Å². The monoisotopic (exact) mass is 385 g/mol. The lowest BCUT2D eigenvalue weighted by atomic mass is 10.2. The fourth-order valence-corrected chi connectivity index (χ4v) is 4.48. The second kappa shape index (κ2) is 8.19. The fraction of sp³-hybridized carbons (Fsp3) is 0.400. The maximum Gasteiger partial charge on any atom is 0.237 e. The molecule has 4 rings (SSSR count). The zero-order chi connectivity index (χ0) is 18.6. The molecule has 0 aliphatic carbocycles. The second-order valence-corrected chi connectivity index (χ2v) is 7.81. The van der Waals surface area contributed by atoms with Crippen molar-refractivity contribution in [2.75, 3.05) is 43.4 Å². The van der Waals surface area contributed by atoms with E-state index in [1.807, 2.05) is 41.3 Å². The van der Waals surface area contributed by atoms with Crippen LogP contribution in [0.15, 0.2) is 52.0 Å². The third-order valence-corrected chi connectivity index (χ3v) is 6.09. The minimum absolute atomic E-state index is 0.0785. The van der Waals surface area contributed by atoms with Crippen LogP contribution >= 0.6 is 11.8 Å². The van der Waals surface area contributed by atoms with Crippen molar-refractivity contribution in [1.82, 2.24) is 9.80 Å². The molecule has 142 valence electrons. The molecule has 1 saturated heterocycles. The highest BCUT2D eigenvalue weighted by Crippen LogP contribution is 2.34. The van der Waals surface area contributed by atoms with Crippen molar-refractivity contribution in [2.45, 2.75) is 17.9 Å². The van der Waals surface area contributed by atoms with E-state index in [0.29, 0.717) is 18.7 Å². The van der Waals surface area contributed by atoms with Gasteiger partial charge in [0.15, 0.2) is 0 Å². The molecule has 3 heterocycles. The second-order valence-electron chi connectivity index (χ2n) is 6.79. The van der Waals surface area contributed by atoms with Crippen LogP contribution in [-0.4, -0.2) is 60.1 Å². The summed E-state index contributed by atoms with van der Waals surface area (Å²) >= 11 is 1.56. The zero-order valence-corrected chi connectivity index (χ0v) is 16.0. The van der Waals surface area contributed by atoms with Gasteiger partial charge in [-0.15, -0.1) is 11.8 Å². The number of hydrogen-bond acceptors (Lipinski definition) is 5. The van der Waals surface area contributed by atoms with Crippen molar-refractivity contribution < 1.29 is 14.0 Å². The van der Waals surface area contributed by atoms with Crippen molar-refractivity contribution in [3.63, 3.8) is 0 Å². The molecule has 7 heteroatoms. The molecule has 1 aromatic carbocycles. The van der Waals surface area contributed by atoms with E-state index in [2.05, 4.69) is 4.90 Å². The number of piperazine rings is 1. The van der Waals surface area contributed by atoms with Gasteiger partial charge in [0.05, 0.1) is 24.2 Å². The molecule has 6 nitrogen and oxygen atoms in total. The molecule has 2 aliphatic heterocycles. The summed E-state index contributed by atoms with van der Waals surface area (Å²) < 4.78 is 5.39. The van der Waals surface area contributed by atoms with Gasteiger partial charge in [-0.05, 0) is 24.3 Å². The van der Waals surface area contributed by atoms with E-state index in [0.717, 1.165) is 49.1 Å². The van der Waals surface area contributed by atoms with Gasteiger partial charge in [-0.2, -0.15) is 0 Å².